The van der Waals surface area contributed by atoms with Gasteiger partial charge < -0.3 is 5.32 Å². The molecule has 1 aromatic carbocycles. The van der Waals surface area contributed by atoms with Gasteiger partial charge in [0.2, 0.25) is 0 Å². The van der Waals surface area contributed by atoms with Gasteiger partial charge in [-0.3, -0.25) is 4.67 Å². The Bertz CT molecular complexity index is 366. The minimum Gasteiger partial charge on any atom is -0.385 e. The molecular formula is C12H17N2P. The van der Waals surface area contributed by atoms with Crippen LogP contribution in [0, 0.1) is 5.92 Å². The first-order valence-corrected chi connectivity index (χ1v) is 6.18. The van der Waals surface area contributed by atoms with Crippen LogP contribution in [0.25, 0.3) is 0 Å². The SMILES string of the molecule is PN1CC2CCNc3ccccc3C2C1. The first kappa shape index (κ1) is 9.62. The summed E-state index contributed by atoms with van der Waals surface area (Å²) < 4.78 is 2.39. The summed E-state index contributed by atoms with van der Waals surface area (Å²) in [6, 6.07) is 8.78. The van der Waals surface area contributed by atoms with E-state index >= 15 is 0 Å². The third-order valence-corrected chi connectivity index (χ3v) is 4.08. The Morgan fingerprint density at radius 3 is 3.07 bits per heavy atom. The maximum absolute atomic E-state index is 3.54. The zero-order valence-electron chi connectivity index (χ0n) is 8.82. The van der Waals surface area contributed by atoms with E-state index in [1.807, 2.05) is 0 Å². The van der Waals surface area contributed by atoms with Crippen molar-refractivity contribution in [2.45, 2.75) is 12.3 Å². The molecule has 2 aliphatic heterocycles. The summed E-state index contributed by atoms with van der Waals surface area (Å²) in [5.41, 5.74) is 2.87. The summed E-state index contributed by atoms with van der Waals surface area (Å²) in [6.45, 7) is 3.54. The van der Waals surface area contributed by atoms with Crippen molar-refractivity contribution < 1.29 is 0 Å². The minimum absolute atomic E-state index is 0.730. The molecule has 0 radical (unpaired) electrons. The fourth-order valence-corrected chi connectivity index (χ4v) is 3.42. The largest absolute Gasteiger partial charge is 0.385 e. The molecule has 3 unspecified atom stereocenters. The predicted octanol–water partition coefficient (Wildman–Crippen LogP) is 2.31. The third kappa shape index (κ3) is 1.66. The highest BCUT2D eigenvalue weighted by Crippen LogP contribution is 2.40. The van der Waals surface area contributed by atoms with Crippen molar-refractivity contribution in [1.29, 1.82) is 0 Å². The van der Waals surface area contributed by atoms with E-state index in [4.69, 9.17) is 0 Å². The fourth-order valence-electron chi connectivity index (χ4n) is 2.92. The van der Waals surface area contributed by atoms with Crippen LogP contribution in [-0.2, 0) is 0 Å². The number of hydrogen-bond acceptors (Lipinski definition) is 2. The van der Waals surface area contributed by atoms with E-state index in [-0.39, 0.29) is 0 Å². The normalized spacial score (nSPS) is 30.2. The Kier molecular flexibility index (Phi) is 2.42. The second-order valence-corrected chi connectivity index (χ2v) is 5.35. The molecule has 0 aliphatic carbocycles. The van der Waals surface area contributed by atoms with Gasteiger partial charge in [-0.25, -0.2) is 0 Å². The molecule has 2 aliphatic rings. The Balaban J connectivity index is 2.01. The topological polar surface area (TPSA) is 15.3 Å². The van der Waals surface area contributed by atoms with E-state index < -0.39 is 0 Å². The van der Waals surface area contributed by atoms with Gasteiger partial charge in [0, 0.05) is 31.2 Å². The average Bonchev–Trinajstić information content (AvgIpc) is 2.52. The van der Waals surface area contributed by atoms with Gasteiger partial charge in [0.05, 0.1) is 0 Å². The molecule has 1 saturated heterocycles. The zero-order valence-corrected chi connectivity index (χ0v) is 9.97. The smallest absolute Gasteiger partial charge is 0.0376 e. The molecule has 0 spiro atoms. The summed E-state index contributed by atoms with van der Waals surface area (Å²) in [7, 11) is 2.85. The first-order chi connectivity index (χ1) is 7.34. The summed E-state index contributed by atoms with van der Waals surface area (Å²) >= 11 is 0. The first-order valence-electron chi connectivity index (χ1n) is 5.67. The molecule has 80 valence electrons. The summed E-state index contributed by atoms with van der Waals surface area (Å²) in [6.07, 6.45) is 1.30. The summed E-state index contributed by atoms with van der Waals surface area (Å²) in [5.74, 6) is 1.56. The van der Waals surface area contributed by atoms with Gasteiger partial charge in [-0.1, -0.05) is 27.6 Å². The number of nitrogens with zero attached hydrogens (tertiary/aromatic N) is 1. The minimum atomic E-state index is 0.730. The van der Waals surface area contributed by atoms with Gasteiger partial charge in [-0.15, -0.1) is 0 Å². The van der Waals surface area contributed by atoms with Crippen LogP contribution in [-0.4, -0.2) is 24.3 Å². The molecule has 3 rings (SSSR count). The van der Waals surface area contributed by atoms with Crippen molar-refractivity contribution in [3.63, 3.8) is 0 Å². The van der Waals surface area contributed by atoms with Gasteiger partial charge in [0.25, 0.3) is 0 Å². The average molecular weight is 220 g/mol. The Hall–Kier alpha value is -0.590. The molecule has 1 N–H and O–H groups in total. The van der Waals surface area contributed by atoms with Crippen LogP contribution < -0.4 is 5.32 Å². The molecule has 0 amide bonds. The second-order valence-electron chi connectivity index (χ2n) is 4.62. The Morgan fingerprint density at radius 1 is 1.27 bits per heavy atom. The van der Waals surface area contributed by atoms with Gasteiger partial charge >= 0.3 is 0 Å². The highest BCUT2D eigenvalue weighted by Gasteiger charge is 2.34. The molecule has 2 nitrogen and oxygen atoms in total. The van der Waals surface area contributed by atoms with Crippen LogP contribution >= 0.6 is 9.39 Å². The van der Waals surface area contributed by atoms with Gasteiger partial charge in [0.15, 0.2) is 0 Å². The molecule has 15 heavy (non-hydrogen) atoms. The van der Waals surface area contributed by atoms with E-state index in [0.717, 1.165) is 18.4 Å². The van der Waals surface area contributed by atoms with Crippen LogP contribution in [0.1, 0.15) is 17.9 Å². The van der Waals surface area contributed by atoms with Crippen LogP contribution in [0.2, 0.25) is 0 Å². The van der Waals surface area contributed by atoms with Gasteiger partial charge in [-0.2, -0.15) is 0 Å². The third-order valence-electron chi connectivity index (χ3n) is 3.66. The molecule has 1 fully saturated rings. The molecular weight excluding hydrogens is 203 g/mol. The maximum atomic E-state index is 3.54. The van der Waals surface area contributed by atoms with Gasteiger partial charge in [-0.05, 0) is 24.0 Å². The molecule has 0 aromatic heterocycles. The van der Waals surface area contributed by atoms with E-state index in [9.17, 15) is 0 Å². The number of benzene rings is 1. The monoisotopic (exact) mass is 220 g/mol. The van der Waals surface area contributed by atoms with Crippen LogP contribution in [0.3, 0.4) is 0 Å². The molecule has 3 atom stereocenters. The van der Waals surface area contributed by atoms with Crippen molar-refractivity contribution in [1.82, 2.24) is 4.67 Å². The zero-order chi connectivity index (χ0) is 10.3. The lowest BCUT2D eigenvalue weighted by atomic mass is 9.87. The standard InChI is InChI=1S/C12H17N2P/c15-14-7-9-5-6-13-12-4-2-1-3-10(12)11(9)8-14/h1-4,9,11,13H,5-8,15H2. The van der Waals surface area contributed by atoms with Gasteiger partial charge in [0.1, 0.15) is 0 Å². The Labute approximate surface area is 93.3 Å². The lowest BCUT2D eigenvalue weighted by Crippen LogP contribution is -2.11. The number of hydrogen-bond donors (Lipinski definition) is 1. The molecule has 2 heterocycles. The Morgan fingerprint density at radius 2 is 2.13 bits per heavy atom. The van der Waals surface area contributed by atoms with Crippen molar-refractivity contribution in [2.75, 3.05) is 25.0 Å². The van der Waals surface area contributed by atoms with Crippen molar-refractivity contribution in [3.8, 4) is 0 Å². The number of fused-ring (bicyclic) bond motifs is 3. The number of nitrogens with one attached hydrogen (secondary N) is 1. The van der Waals surface area contributed by atoms with Crippen molar-refractivity contribution in [3.05, 3.63) is 29.8 Å². The lowest BCUT2D eigenvalue weighted by Gasteiger charge is -2.16. The van der Waals surface area contributed by atoms with E-state index in [1.54, 1.807) is 0 Å². The van der Waals surface area contributed by atoms with Crippen LogP contribution in [0.4, 0.5) is 5.69 Å². The number of para-hydroxylation sites is 1. The van der Waals surface area contributed by atoms with Crippen molar-refractivity contribution >= 4 is 15.1 Å². The second kappa shape index (κ2) is 3.77. The number of anilines is 1. The summed E-state index contributed by atoms with van der Waals surface area (Å²) in [5, 5.41) is 3.54. The van der Waals surface area contributed by atoms with Crippen LogP contribution in [0.15, 0.2) is 24.3 Å². The maximum Gasteiger partial charge on any atom is 0.0376 e. The molecule has 3 heteroatoms. The van der Waals surface area contributed by atoms with E-state index in [1.165, 1.54) is 30.8 Å². The predicted molar refractivity (Wildman–Crippen MR) is 67.1 cm³/mol. The van der Waals surface area contributed by atoms with E-state index in [2.05, 4.69) is 43.6 Å². The van der Waals surface area contributed by atoms with E-state index in [0.29, 0.717) is 0 Å². The summed E-state index contributed by atoms with van der Waals surface area (Å²) in [4.78, 5) is 0. The fraction of sp³-hybridized carbons (Fsp3) is 0.500. The number of rotatable bonds is 0. The molecule has 0 saturated carbocycles. The highest BCUT2D eigenvalue weighted by molar-refractivity contribution is 7.13. The highest BCUT2D eigenvalue weighted by atomic mass is 31.0. The molecule has 0 bridgehead atoms. The van der Waals surface area contributed by atoms with Crippen molar-refractivity contribution in [2.24, 2.45) is 5.92 Å². The quantitative estimate of drug-likeness (QED) is 0.675. The lowest BCUT2D eigenvalue weighted by molar-refractivity contribution is 0.486. The molecule has 1 aromatic rings. The van der Waals surface area contributed by atoms with Crippen LogP contribution in [0.5, 0.6) is 0 Å².